The van der Waals surface area contributed by atoms with E-state index in [1.165, 1.54) is 0 Å². The maximum absolute atomic E-state index is 12.5. The van der Waals surface area contributed by atoms with Crippen LogP contribution in [0.1, 0.15) is 37.1 Å². The summed E-state index contributed by atoms with van der Waals surface area (Å²) in [5.41, 5.74) is -3.58. The van der Waals surface area contributed by atoms with Crippen molar-refractivity contribution in [2.45, 2.75) is 31.4 Å². The summed E-state index contributed by atoms with van der Waals surface area (Å²) in [7, 11) is -3.69. The van der Waals surface area contributed by atoms with Crippen LogP contribution in [-0.2, 0) is 13.4 Å². The third-order valence-electron chi connectivity index (χ3n) is 4.37. The molecule has 2 rings (SSSR count). The van der Waals surface area contributed by atoms with Gasteiger partial charge in [0.25, 0.3) is 0 Å². The molecule has 0 bridgehead atoms. The maximum atomic E-state index is 12.5. The molecule has 2 atom stereocenters. The number of hydrogen-bond acceptors (Lipinski definition) is 4. The molecule has 0 fully saturated rings. The Kier molecular flexibility index (Phi) is 7.10. The fraction of sp³-hybridized carbons (Fsp3) is 0.333. The second kappa shape index (κ2) is 8.75. The van der Waals surface area contributed by atoms with Crippen molar-refractivity contribution in [1.29, 1.82) is 0 Å². The van der Waals surface area contributed by atoms with Crippen LogP contribution in [0, 0.1) is 0 Å². The minimum atomic E-state index is -5.60. The Morgan fingerprint density at radius 3 is 2.11 bits per heavy atom. The number of halogens is 3. The molecule has 9 heteroatoms. The molecule has 0 aliphatic heterocycles. The molecular formula is C18H20F3NO3SSe. The first-order valence-electron chi connectivity index (χ1n) is 8.08. The normalized spacial score (nSPS) is 14.9. The van der Waals surface area contributed by atoms with Crippen molar-refractivity contribution in [2.75, 3.05) is 7.05 Å². The summed E-state index contributed by atoms with van der Waals surface area (Å²) < 4.78 is 64.6. The van der Waals surface area contributed by atoms with Crippen molar-refractivity contribution in [3.63, 3.8) is 0 Å². The van der Waals surface area contributed by atoms with Crippen molar-refractivity contribution in [1.82, 2.24) is 4.90 Å². The van der Waals surface area contributed by atoms with Gasteiger partial charge in [-0.15, -0.1) is 0 Å². The van der Waals surface area contributed by atoms with Crippen LogP contribution < -0.4 is 4.46 Å². The van der Waals surface area contributed by atoms with Crippen LogP contribution in [0.25, 0.3) is 0 Å². The van der Waals surface area contributed by atoms with Crippen molar-refractivity contribution >= 4 is 29.9 Å². The van der Waals surface area contributed by atoms with Crippen molar-refractivity contribution in [2.24, 2.45) is 0 Å². The fourth-order valence-electron chi connectivity index (χ4n) is 2.54. The first kappa shape index (κ1) is 21.9. The van der Waals surface area contributed by atoms with Gasteiger partial charge in [-0.25, -0.2) is 0 Å². The molecule has 0 aromatic heterocycles. The zero-order valence-electron chi connectivity index (χ0n) is 15.0. The van der Waals surface area contributed by atoms with Gasteiger partial charge in [0.05, 0.1) is 0 Å². The third-order valence-corrected chi connectivity index (χ3v) is 7.90. The molecule has 0 saturated heterocycles. The van der Waals surface area contributed by atoms with E-state index in [-0.39, 0.29) is 12.1 Å². The molecule has 0 aliphatic rings. The van der Waals surface area contributed by atoms with E-state index in [9.17, 15) is 21.6 Å². The van der Waals surface area contributed by atoms with Crippen LogP contribution in [0.15, 0.2) is 54.6 Å². The van der Waals surface area contributed by atoms with E-state index in [0.717, 1.165) is 11.1 Å². The Labute approximate surface area is 163 Å². The molecular weight excluding hydrogens is 446 g/mol. The number of benzene rings is 2. The number of rotatable bonds is 7. The van der Waals surface area contributed by atoms with E-state index in [2.05, 4.69) is 8.17 Å². The average Bonchev–Trinajstić information content (AvgIpc) is 2.64. The molecule has 148 valence electrons. The summed E-state index contributed by atoms with van der Waals surface area (Å²) in [6.45, 7) is 3.96. The Balaban J connectivity index is 2.21. The first-order valence-corrected chi connectivity index (χ1v) is 11.0. The van der Waals surface area contributed by atoms with Crippen LogP contribution in [0.4, 0.5) is 13.2 Å². The van der Waals surface area contributed by atoms with Gasteiger partial charge in [-0.05, 0) is 0 Å². The Morgan fingerprint density at radius 1 is 0.963 bits per heavy atom. The molecule has 0 heterocycles. The van der Waals surface area contributed by atoms with Crippen LogP contribution >= 0.6 is 0 Å². The Hall–Kier alpha value is -1.38. The Morgan fingerprint density at radius 2 is 1.52 bits per heavy atom. The van der Waals surface area contributed by atoms with Gasteiger partial charge in [0.1, 0.15) is 0 Å². The number of alkyl halides is 3. The standard InChI is InChI=1S/C18H20F3NO3SSe/c1-13(15-9-5-4-6-10-15)22(3)14(2)16-11-7-8-12-17(16)27-25-26(23,24)18(19,20)21/h4-14H,1-3H3/t13-,14-/m1/s1. The summed E-state index contributed by atoms with van der Waals surface area (Å²) in [4.78, 5) is 2.07. The van der Waals surface area contributed by atoms with E-state index in [4.69, 9.17) is 0 Å². The molecule has 2 aromatic carbocycles. The van der Waals surface area contributed by atoms with Crippen LogP contribution in [-0.4, -0.2) is 41.2 Å². The molecule has 0 spiro atoms. The van der Waals surface area contributed by atoms with Crippen LogP contribution in [0.5, 0.6) is 0 Å². The summed E-state index contributed by atoms with van der Waals surface area (Å²) in [6, 6.07) is 16.5. The van der Waals surface area contributed by atoms with Gasteiger partial charge in [0.2, 0.25) is 0 Å². The van der Waals surface area contributed by atoms with Crippen molar-refractivity contribution in [3.8, 4) is 0 Å². The third kappa shape index (κ3) is 5.33. The van der Waals surface area contributed by atoms with Gasteiger partial charge in [-0.2, -0.15) is 0 Å². The SMILES string of the molecule is C[C@H](c1ccccc1)N(C)[C@H](C)c1ccccc1[Se]OS(=O)(=O)C(F)(F)F. The van der Waals surface area contributed by atoms with Crippen LogP contribution in [0.3, 0.4) is 0 Å². The molecule has 0 amide bonds. The van der Waals surface area contributed by atoms with Crippen molar-refractivity contribution in [3.05, 3.63) is 65.7 Å². The first-order chi connectivity index (χ1) is 12.5. The summed E-state index contributed by atoms with van der Waals surface area (Å²) in [5.74, 6) is 0. The average molecular weight is 466 g/mol. The van der Waals surface area contributed by atoms with E-state index < -0.39 is 30.9 Å². The number of nitrogens with zero attached hydrogens (tertiary/aromatic N) is 1. The second-order valence-electron chi connectivity index (χ2n) is 6.02. The van der Waals surface area contributed by atoms with Crippen molar-refractivity contribution < 1.29 is 24.9 Å². The van der Waals surface area contributed by atoms with Crippen LogP contribution in [0.2, 0.25) is 0 Å². The molecule has 2 aromatic rings. The predicted molar refractivity (Wildman–Crippen MR) is 98.9 cm³/mol. The minimum absolute atomic E-state index is 0.0570. The van der Waals surface area contributed by atoms with E-state index in [0.29, 0.717) is 4.46 Å². The van der Waals surface area contributed by atoms with E-state index in [1.807, 2.05) is 51.2 Å². The molecule has 0 saturated carbocycles. The topological polar surface area (TPSA) is 46.6 Å². The van der Waals surface area contributed by atoms with E-state index in [1.54, 1.807) is 24.3 Å². The zero-order chi connectivity index (χ0) is 20.2. The van der Waals surface area contributed by atoms with Gasteiger partial charge >= 0.3 is 164 Å². The van der Waals surface area contributed by atoms with Gasteiger partial charge in [-0.3, -0.25) is 0 Å². The van der Waals surface area contributed by atoms with Gasteiger partial charge in [0, 0.05) is 0 Å². The van der Waals surface area contributed by atoms with Gasteiger partial charge in [-0.1, -0.05) is 0 Å². The van der Waals surface area contributed by atoms with Gasteiger partial charge in [0.15, 0.2) is 0 Å². The summed E-state index contributed by atoms with van der Waals surface area (Å²) in [6.07, 6.45) is 0. The predicted octanol–water partition coefficient (Wildman–Crippen LogP) is 3.55. The van der Waals surface area contributed by atoms with Gasteiger partial charge < -0.3 is 0 Å². The second-order valence-corrected chi connectivity index (χ2v) is 9.65. The molecule has 27 heavy (non-hydrogen) atoms. The molecule has 0 N–H and O–H groups in total. The molecule has 0 unspecified atom stereocenters. The monoisotopic (exact) mass is 467 g/mol. The Bertz CT molecular complexity index is 860. The molecule has 0 radical (unpaired) electrons. The quantitative estimate of drug-likeness (QED) is 0.463. The molecule has 0 aliphatic carbocycles. The molecule has 4 nitrogen and oxygen atoms in total. The summed E-state index contributed by atoms with van der Waals surface area (Å²) >= 11 is -1.32. The van der Waals surface area contributed by atoms with E-state index >= 15 is 0 Å². The fourth-order valence-corrected chi connectivity index (χ4v) is 5.28. The summed E-state index contributed by atoms with van der Waals surface area (Å²) in [5, 5.41) is 0. The zero-order valence-corrected chi connectivity index (χ0v) is 17.5. The number of hydrogen-bond donors (Lipinski definition) is 0.